The van der Waals surface area contributed by atoms with Gasteiger partial charge in [0.25, 0.3) is 15.9 Å². The number of imidazole rings is 1. The van der Waals surface area contributed by atoms with E-state index in [4.69, 9.17) is 23.2 Å². The monoisotopic (exact) mass is 551 g/mol. The van der Waals surface area contributed by atoms with Gasteiger partial charge in [-0.15, -0.1) is 0 Å². The summed E-state index contributed by atoms with van der Waals surface area (Å²) in [7, 11) is -3.98. The molecule has 37 heavy (non-hydrogen) atoms. The van der Waals surface area contributed by atoms with Gasteiger partial charge in [0, 0.05) is 11.1 Å². The second-order valence-electron chi connectivity index (χ2n) is 8.15. The summed E-state index contributed by atoms with van der Waals surface area (Å²) in [5, 5.41) is 1.70. The van der Waals surface area contributed by atoms with Gasteiger partial charge < -0.3 is 4.57 Å². The van der Waals surface area contributed by atoms with Crippen LogP contribution >= 0.6 is 23.2 Å². The lowest BCUT2D eigenvalue weighted by Crippen LogP contribution is -2.26. The van der Waals surface area contributed by atoms with Crippen molar-refractivity contribution in [2.75, 3.05) is 0 Å². The molecule has 1 N–H and O–H groups in total. The second kappa shape index (κ2) is 11.6. The summed E-state index contributed by atoms with van der Waals surface area (Å²) in [5.41, 5.74) is 4.04. The molecule has 0 saturated heterocycles. The van der Waals surface area contributed by atoms with E-state index in [2.05, 4.69) is 4.98 Å². The van der Waals surface area contributed by atoms with Crippen molar-refractivity contribution in [3.05, 3.63) is 123 Å². The molecule has 1 heterocycles. The molecule has 0 bridgehead atoms. The Morgan fingerprint density at radius 2 is 1.62 bits per heavy atom. The number of sulfonamides is 1. The number of nitrogens with one attached hydrogen (secondary N) is 1. The van der Waals surface area contributed by atoms with E-state index in [-0.39, 0.29) is 5.15 Å². The summed E-state index contributed by atoms with van der Waals surface area (Å²) in [6, 6.07) is 24.6. The maximum atomic E-state index is 12.4. The lowest BCUT2D eigenvalue weighted by Gasteiger charge is -2.12. The van der Waals surface area contributed by atoms with E-state index >= 15 is 0 Å². The van der Waals surface area contributed by atoms with E-state index in [0.29, 0.717) is 28.6 Å². The highest BCUT2D eigenvalue weighted by atomic mass is 35.5. The number of rotatable bonds is 8. The Morgan fingerprint density at radius 3 is 2.30 bits per heavy atom. The number of benzene rings is 3. The number of carbonyl (C=O) groups excluding carboxylic acids is 1. The van der Waals surface area contributed by atoms with Gasteiger partial charge >= 0.3 is 0 Å². The highest BCUT2D eigenvalue weighted by Crippen LogP contribution is 2.28. The molecule has 1 amide bonds. The molecule has 0 aliphatic carbocycles. The van der Waals surface area contributed by atoms with Gasteiger partial charge in [0.2, 0.25) is 0 Å². The first kappa shape index (κ1) is 26.4. The molecule has 0 spiro atoms. The topological polar surface area (TPSA) is 81.1 Å². The highest BCUT2D eigenvalue weighted by molar-refractivity contribution is 7.93. The van der Waals surface area contributed by atoms with E-state index < -0.39 is 15.9 Å². The van der Waals surface area contributed by atoms with Crippen LogP contribution in [0.2, 0.25) is 10.2 Å². The van der Waals surface area contributed by atoms with Gasteiger partial charge in [0.05, 0.1) is 17.6 Å². The summed E-state index contributed by atoms with van der Waals surface area (Å²) in [6.45, 7) is 2.15. The standard InChI is InChI=1S/C28H23Cl2N3O3S/c1-20-31-28(30)26(14-15-27(34)32-37(35,36)17-16-21-8-4-2-5-9-21)33(20)19-24-13-12-23(18-25(24)29)22-10-6-3-7-11-22/h2-18H,19H2,1H3,(H,32,34)/b15-14+,17-16+. The molecule has 6 nitrogen and oxygen atoms in total. The Kier molecular flexibility index (Phi) is 8.28. The van der Waals surface area contributed by atoms with Crippen LogP contribution in [0.15, 0.2) is 90.3 Å². The van der Waals surface area contributed by atoms with Crippen LogP contribution < -0.4 is 4.72 Å². The van der Waals surface area contributed by atoms with E-state index in [0.717, 1.165) is 28.2 Å². The third-order valence-corrected chi connectivity index (χ3v) is 7.13. The van der Waals surface area contributed by atoms with Gasteiger partial charge in [0.15, 0.2) is 5.15 Å². The van der Waals surface area contributed by atoms with Gasteiger partial charge in [-0.2, -0.15) is 0 Å². The quantitative estimate of drug-likeness (QED) is 0.259. The van der Waals surface area contributed by atoms with Crippen molar-refractivity contribution in [1.82, 2.24) is 14.3 Å². The van der Waals surface area contributed by atoms with Gasteiger partial charge in [-0.25, -0.2) is 18.1 Å². The Morgan fingerprint density at radius 1 is 0.946 bits per heavy atom. The van der Waals surface area contributed by atoms with Crippen molar-refractivity contribution >= 4 is 51.3 Å². The number of aryl methyl sites for hydroxylation is 1. The minimum absolute atomic E-state index is 0.186. The normalized spacial score (nSPS) is 11.9. The van der Waals surface area contributed by atoms with Gasteiger partial charge in [0.1, 0.15) is 5.82 Å². The lowest BCUT2D eigenvalue weighted by molar-refractivity contribution is -0.114. The average Bonchev–Trinajstić information content (AvgIpc) is 3.15. The van der Waals surface area contributed by atoms with Crippen molar-refractivity contribution in [1.29, 1.82) is 0 Å². The Hall–Kier alpha value is -3.65. The van der Waals surface area contributed by atoms with Gasteiger partial charge in [-0.1, -0.05) is 96.0 Å². The molecule has 4 aromatic rings. The molecule has 0 saturated carbocycles. The molecule has 0 aliphatic rings. The predicted molar refractivity (Wildman–Crippen MR) is 150 cm³/mol. The first-order chi connectivity index (χ1) is 17.7. The number of halogens is 2. The van der Waals surface area contributed by atoms with Crippen LogP contribution in [-0.4, -0.2) is 23.9 Å². The number of nitrogens with zero attached hydrogens (tertiary/aromatic N) is 2. The Balaban J connectivity index is 1.50. The Bertz CT molecular complexity index is 1580. The third-order valence-electron chi connectivity index (χ3n) is 5.52. The fourth-order valence-corrected chi connectivity index (χ4v) is 4.94. The number of hydrogen-bond acceptors (Lipinski definition) is 4. The largest absolute Gasteiger partial charge is 0.323 e. The molecule has 0 unspecified atom stereocenters. The Labute approximate surface area is 225 Å². The van der Waals surface area contributed by atoms with E-state index in [1.807, 2.05) is 59.3 Å². The van der Waals surface area contributed by atoms with Crippen LogP contribution in [0.1, 0.15) is 22.6 Å². The zero-order valence-corrected chi connectivity index (χ0v) is 22.1. The number of aromatic nitrogens is 2. The van der Waals surface area contributed by atoms with Crippen molar-refractivity contribution < 1.29 is 13.2 Å². The van der Waals surface area contributed by atoms with Crippen LogP contribution in [0.4, 0.5) is 0 Å². The fraction of sp³-hybridized carbons (Fsp3) is 0.0714. The molecule has 0 fully saturated rings. The van der Waals surface area contributed by atoms with Crippen molar-refractivity contribution in [3.8, 4) is 11.1 Å². The SMILES string of the molecule is Cc1nc(Cl)c(/C=C/C(=O)NS(=O)(=O)/C=C/c2ccccc2)n1Cc1ccc(-c2ccccc2)cc1Cl. The van der Waals surface area contributed by atoms with Crippen molar-refractivity contribution in [3.63, 3.8) is 0 Å². The molecular weight excluding hydrogens is 529 g/mol. The number of hydrogen-bond donors (Lipinski definition) is 1. The minimum atomic E-state index is -3.98. The van der Waals surface area contributed by atoms with Crippen LogP contribution in [0.5, 0.6) is 0 Å². The van der Waals surface area contributed by atoms with E-state index in [9.17, 15) is 13.2 Å². The van der Waals surface area contributed by atoms with Crippen molar-refractivity contribution in [2.24, 2.45) is 0 Å². The molecule has 1 aromatic heterocycles. The molecule has 188 valence electrons. The zero-order valence-electron chi connectivity index (χ0n) is 19.8. The maximum Gasteiger partial charge on any atom is 0.257 e. The predicted octanol–water partition coefficient (Wildman–Crippen LogP) is 6.34. The average molecular weight is 552 g/mol. The summed E-state index contributed by atoms with van der Waals surface area (Å²) in [6.07, 6.45) is 3.94. The first-order valence-electron chi connectivity index (χ1n) is 11.3. The minimum Gasteiger partial charge on any atom is -0.323 e. The first-order valence-corrected chi connectivity index (χ1v) is 13.6. The smallest absolute Gasteiger partial charge is 0.257 e. The number of carbonyl (C=O) groups is 1. The third kappa shape index (κ3) is 6.98. The lowest BCUT2D eigenvalue weighted by atomic mass is 10.0. The van der Waals surface area contributed by atoms with Gasteiger partial charge in [-0.3, -0.25) is 4.79 Å². The van der Waals surface area contributed by atoms with Crippen molar-refractivity contribution in [2.45, 2.75) is 13.5 Å². The van der Waals surface area contributed by atoms with E-state index in [1.165, 1.54) is 12.2 Å². The molecule has 0 atom stereocenters. The summed E-state index contributed by atoms with van der Waals surface area (Å²) in [4.78, 5) is 16.6. The molecule has 9 heteroatoms. The van der Waals surface area contributed by atoms with Crippen LogP contribution in [-0.2, 0) is 21.4 Å². The molecule has 3 aromatic carbocycles. The van der Waals surface area contributed by atoms with Crippen LogP contribution in [0, 0.1) is 6.92 Å². The fourth-order valence-electron chi connectivity index (χ4n) is 3.65. The van der Waals surface area contributed by atoms with E-state index in [1.54, 1.807) is 35.8 Å². The molecular formula is C28H23Cl2N3O3S. The number of amides is 1. The summed E-state index contributed by atoms with van der Waals surface area (Å²) < 4.78 is 28.3. The highest BCUT2D eigenvalue weighted by Gasteiger charge is 2.15. The van der Waals surface area contributed by atoms with Crippen LogP contribution in [0.3, 0.4) is 0 Å². The summed E-state index contributed by atoms with van der Waals surface area (Å²) >= 11 is 12.9. The molecule has 0 radical (unpaired) electrons. The summed E-state index contributed by atoms with van der Waals surface area (Å²) in [5.74, 6) is -0.198. The maximum absolute atomic E-state index is 12.4. The van der Waals surface area contributed by atoms with Crippen LogP contribution in [0.25, 0.3) is 23.3 Å². The second-order valence-corrected chi connectivity index (χ2v) is 10.5. The van der Waals surface area contributed by atoms with Gasteiger partial charge in [-0.05, 0) is 47.4 Å². The molecule has 0 aliphatic heterocycles. The zero-order chi connectivity index (χ0) is 26.4. The molecule has 4 rings (SSSR count).